The van der Waals surface area contributed by atoms with Crippen molar-refractivity contribution < 1.29 is 23.1 Å². The van der Waals surface area contributed by atoms with Gasteiger partial charge in [-0.05, 0) is 49.7 Å². The van der Waals surface area contributed by atoms with E-state index in [9.17, 15) is 18.4 Å². The van der Waals surface area contributed by atoms with Crippen LogP contribution < -0.4 is 5.32 Å². The van der Waals surface area contributed by atoms with E-state index in [0.29, 0.717) is 10.0 Å². The lowest BCUT2D eigenvalue weighted by molar-refractivity contribution is -0.123. The topological polar surface area (TPSA) is 55.4 Å². The Labute approximate surface area is 145 Å². The number of aryl methyl sites for hydroxylation is 1. The van der Waals surface area contributed by atoms with Crippen molar-refractivity contribution in [2.45, 2.75) is 20.0 Å². The second-order valence-corrected chi connectivity index (χ2v) is 6.04. The van der Waals surface area contributed by atoms with E-state index >= 15 is 0 Å². The van der Waals surface area contributed by atoms with Crippen LogP contribution in [0.5, 0.6) is 0 Å². The number of ether oxygens (including phenoxy) is 1. The largest absolute Gasteiger partial charge is 0.449 e. The van der Waals surface area contributed by atoms with Crippen LogP contribution in [-0.4, -0.2) is 18.0 Å². The fraction of sp³-hybridized carbons (Fsp3) is 0.176. The summed E-state index contributed by atoms with van der Waals surface area (Å²) < 4.78 is 32.6. The zero-order valence-corrected chi connectivity index (χ0v) is 14.5. The minimum atomic E-state index is -1.18. The summed E-state index contributed by atoms with van der Waals surface area (Å²) in [7, 11) is 0. The number of hydrogen-bond acceptors (Lipinski definition) is 3. The van der Waals surface area contributed by atoms with Crippen molar-refractivity contribution in [3.05, 3.63) is 63.6 Å². The molecule has 2 aromatic carbocycles. The van der Waals surface area contributed by atoms with Crippen LogP contribution in [0.25, 0.3) is 0 Å². The van der Waals surface area contributed by atoms with Gasteiger partial charge in [-0.1, -0.05) is 22.0 Å². The van der Waals surface area contributed by atoms with Crippen LogP contribution >= 0.6 is 15.9 Å². The number of amides is 1. The minimum absolute atomic E-state index is 0.236. The predicted octanol–water partition coefficient (Wildman–Crippen LogP) is 4.22. The first-order chi connectivity index (χ1) is 11.3. The van der Waals surface area contributed by atoms with Crippen molar-refractivity contribution >= 4 is 33.5 Å². The third-order valence-corrected chi connectivity index (χ3v) is 3.73. The van der Waals surface area contributed by atoms with E-state index in [2.05, 4.69) is 21.2 Å². The van der Waals surface area contributed by atoms with E-state index in [1.807, 2.05) is 0 Å². The summed E-state index contributed by atoms with van der Waals surface area (Å²) in [4.78, 5) is 24.0. The first kappa shape index (κ1) is 18.1. The van der Waals surface area contributed by atoms with Crippen LogP contribution in [0.15, 0.2) is 40.9 Å². The van der Waals surface area contributed by atoms with Gasteiger partial charge in [0.1, 0.15) is 11.6 Å². The van der Waals surface area contributed by atoms with E-state index in [1.54, 1.807) is 6.92 Å². The lowest BCUT2D eigenvalue weighted by atomic mass is 10.2. The van der Waals surface area contributed by atoms with Gasteiger partial charge in [0.15, 0.2) is 6.10 Å². The fourth-order valence-electron chi connectivity index (χ4n) is 1.85. The second kappa shape index (κ2) is 7.53. The van der Waals surface area contributed by atoms with Gasteiger partial charge in [-0.25, -0.2) is 13.6 Å². The number of carbonyl (C=O) groups is 2. The zero-order valence-electron chi connectivity index (χ0n) is 12.9. The van der Waals surface area contributed by atoms with E-state index < -0.39 is 29.6 Å². The summed E-state index contributed by atoms with van der Waals surface area (Å²) in [6.07, 6.45) is -1.18. The molecule has 0 unspecified atom stereocenters. The average Bonchev–Trinajstić information content (AvgIpc) is 2.53. The molecule has 0 saturated carbocycles. The smallest absolute Gasteiger partial charge is 0.341 e. The van der Waals surface area contributed by atoms with Gasteiger partial charge in [0, 0.05) is 10.2 Å². The molecule has 2 rings (SSSR count). The Kier molecular flexibility index (Phi) is 5.66. The lowest BCUT2D eigenvalue weighted by Gasteiger charge is -2.14. The van der Waals surface area contributed by atoms with Gasteiger partial charge in [-0.2, -0.15) is 0 Å². The number of esters is 1. The molecule has 0 heterocycles. The SMILES string of the molecule is Cc1ccc(NC(=O)[C@H](C)OC(=O)c2cc(Br)ccc2F)cc1F. The standard InChI is InChI=1S/C17H14BrF2NO3/c1-9-3-5-12(8-15(9)20)21-16(22)10(2)24-17(23)13-7-11(18)4-6-14(13)19/h3-8,10H,1-2H3,(H,21,22)/t10-/m0/s1. The summed E-state index contributed by atoms with van der Waals surface area (Å²) in [5, 5.41) is 2.43. The third-order valence-electron chi connectivity index (χ3n) is 3.24. The molecule has 0 aliphatic rings. The Balaban J connectivity index is 2.04. The first-order valence-corrected chi connectivity index (χ1v) is 7.80. The molecule has 24 heavy (non-hydrogen) atoms. The highest BCUT2D eigenvalue weighted by Crippen LogP contribution is 2.18. The number of halogens is 3. The van der Waals surface area contributed by atoms with E-state index in [0.717, 1.165) is 12.1 Å². The molecule has 0 aliphatic heterocycles. The highest BCUT2D eigenvalue weighted by molar-refractivity contribution is 9.10. The minimum Gasteiger partial charge on any atom is -0.449 e. The molecule has 2 aromatic rings. The van der Waals surface area contributed by atoms with Gasteiger partial charge in [-0.3, -0.25) is 4.79 Å². The lowest BCUT2D eigenvalue weighted by Crippen LogP contribution is -2.30. The molecule has 0 fully saturated rings. The van der Waals surface area contributed by atoms with Crippen molar-refractivity contribution in [2.24, 2.45) is 0 Å². The van der Waals surface area contributed by atoms with E-state index in [-0.39, 0.29) is 11.3 Å². The van der Waals surface area contributed by atoms with Crippen molar-refractivity contribution in [1.29, 1.82) is 0 Å². The van der Waals surface area contributed by atoms with Crippen LogP contribution in [0, 0.1) is 18.6 Å². The molecule has 0 aromatic heterocycles. The monoisotopic (exact) mass is 397 g/mol. The van der Waals surface area contributed by atoms with Crippen molar-refractivity contribution in [3.63, 3.8) is 0 Å². The van der Waals surface area contributed by atoms with Crippen LogP contribution in [0.2, 0.25) is 0 Å². The molecule has 1 N–H and O–H groups in total. The zero-order chi connectivity index (χ0) is 17.9. The summed E-state index contributed by atoms with van der Waals surface area (Å²) in [6, 6.07) is 8.01. The Morgan fingerprint density at radius 1 is 1.12 bits per heavy atom. The molecule has 4 nitrogen and oxygen atoms in total. The first-order valence-electron chi connectivity index (χ1n) is 7.01. The normalized spacial score (nSPS) is 11.7. The molecule has 0 aliphatic carbocycles. The van der Waals surface area contributed by atoms with Crippen molar-refractivity contribution in [3.8, 4) is 0 Å². The van der Waals surface area contributed by atoms with Gasteiger partial charge >= 0.3 is 5.97 Å². The molecule has 0 saturated heterocycles. The molecule has 0 radical (unpaired) electrons. The van der Waals surface area contributed by atoms with Gasteiger partial charge in [0.25, 0.3) is 5.91 Å². The maximum atomic E-state index is 13.6. The fourth-order valence-corrected chi connectivity index (χ4v) is 2.21. The number of hydrogen-bond donors (Lipinski definition) is 1. The summed E-state index contributed by atoms with van der Waals surface area (Å²) in [6.45, 7) is 2.94. The highest BCUT2D eigenvalue weighted by atomic mass is 79.9. The van der Waals surface area contributed by atoms with Crippen LogP contribution in [0.3, 0.4) is 0 Å². The average molecular weight is 398 g/mol. The molecule has 1 atom stereocenters. The summed E-state index contributed by atoms with van der Waals surface area (Å²) in [5.74, 6) is -2.83. The van der Waals surface area contributed by atoms with Gasteiger partial charge in [0.05, 0.1) is 5.56 Å². The summed E-state index contributed by atoms with van der Waals surface area (Å²) >= 11 is 3.13. The van der Waals surface area contributed by atoms with Crippen molar-refractivity contribution in [2.75, 3.05) is 5.32 Å². The Hall–Kier alpha value is -2.28. The molecular weight excluding hydrogens is 384 g/mol. The maximum Gasteiger partial charge on any atom is 0.341 e. The quantitative estimate of drug-likeness (QED) is 0.785. The molecule has 0 spiro atoms. The number of benzene rings is 2. The Morgan fingerprint density at radius 2 is 1.83 bits per heavy atom. The van der Waals surface area contributed by atoms with Gasteiger partial charge < -0.3 is 10.1 Å². The van der Waals surface area contributed by atoms with Crippen LogP contribution in [0.4, 0.5) is 14.5 Å². The number of carbonyl (C=O) groups excluding carboxylic acids is 2. The van der Waals surface area contributed by atoms with Gasteiger partial charge in [0.2, 0.25) is 0 Å². The predicted molar refractivity (Wildman–Crippen MR) is 88.7 cm³/mol. The number of anilines is 1. The Bertz CT molecular complexity index is 795. The second-order valence-electron chi connectivity index (χ2n) is 5.12. The molecule has 126 valence electrons. The number of nitrogens with one attached hydrogen (secondary N) is 1. The molecule has 1 amide bonds. The van der Waals surface area contributed by atoms with Crippen molar-refractivity contribution in [1.82, 2.24) is 0 Å². The third kappa shape index (κ3) is 4.38. The van der Waals surface area contributed by atoms with Crippen LogP contribution in [-0.2, 0) is 9.53 Å². The molecular formula is C17H14BrF2NO3. The highest BCUT2D eigenvalue weighted by Gasteiger charge is 2.21. The molecule has 0 bridgehead atoms. The Morgan fingerprint density at radius 3 is 2.50 bits per heavy atom. The van der Waals surface area contributed by atoms with E-state index in [4.69, 9.17) is 4.74 Å². The number of rotatable bonds is 4. The van der Waals surface area contributed by atoms with E-state index in [1.165, 1.54) is 31.2 Å². The van der Waals surface area contributed by atoms with Gasteiger partial charge in [-0.15, -0.1) is 0 Å². The molecule has 7 heteroatoms. The maximum absolute atomic E-state index is 13.6. The summed E-state index contributed by atoms with van der Waals surface area (Å²) in [5.41, 5.74) is 0.391. The van der Waals surface area contributed by atoms with Crippen LogP contribution in [0.1, 0.15) is 22.8 Å².